The highest BCUT2D eigenvalue weighted by Crippen LogP contribution is 2.39. The quantitative estimate of drug-likeness (QED) is 0.768. The molecule has 2 aliphatic rings. The third-order valence-electron chi connectivity index (χ3n) is 5.39. The summed E-state index contributed by atoms with van der Waals surface area (Å²) >= 11 is 0. The van der Waals surface area contributed by atoms with Crippen molar-refractivity contribution in [2.75, 3.05) is 0 Å². The molecule has 0 aromatic heterocycles. The first-order valence-electron chi connectivity index (χ1n) is 9.37. The highest BCUT2D eigenvalue weighted by atomic mass is 16.6. The molecule has 1 N–H and O–H groups in total. The number of ether oxygens (including phenoxy) is 1. The second-order valence-corrected chi connectivity index (χ2v) is 7.28. The maximum absolute atomic E-state index is 12.5. The van der Waals surface area contributed by atoms with Crippen molar-refractivity contribution in [3.63, 3.8) is 0 Å². The third-order valence-corrected chi connectivity index (χ3v) is 5.39. The lowest BCUT2D eigenvalue weighted by Gasteiger charge is -2.38. The Labute approximate surface area is 144 Å². The van der Waals surface area contributed by atoms with Gasteiger partial charge in [0.1, 0.15) is 11.4 Å². The summed E-state index contributed by atoms with van der Waals surface area (Å²) < 4.78 is 5.88. The molecule has 1 aliphatic heterocycles. The summed E-state index contributed by atoms with van der Waals surface area (Å²) in [4.78, 5) is 12.5. The Morgan fingerprint density at radius 3 is 2.29 bits per heavy atom. The predicted molar refractivity (Wildman–Crippen MR) is 94.8 cm³/mol. The molecular formula is C21H28O3. The van der Waals surface area contributed by atoms with Crippen molar-refractivity contribution < 1.29 is 14.6 Å². The molecule has 0 radical (unpaired) electrons. The van der Waals surface area contributed by atoms with E-state index in [0.29, 0.717) is 18.4 Å². The molecule has 0 saturated heterocycles. The van der Waals surface area contributed by atoms with Crippen LogP contribution in [-0.2, 0) is 16.0 Å². The molecule has 3 nitrogen and oxygen atoms in total. The zero-order chi connectivity index (χ0) is 16.8. The van der Waals surface area contributed by atoms with Crippen molar-refractivity contribution in [2.24, 2.45) is 0 Å². The fraction of sp³-hybridized carbons (Fsp3) is 0.571. The van der Waals surface area contributed by atoms with E-state index in [4.69, 9.17) is 4.74 Å². The Morgan fingerprint density at radius 1 is 0.958 bits per heavy atom. The van der Waals surface area contributed by atoms with Crippen LogP contribution in [0.15, 0.2) is 41.7 Å². The summed E-state index contributed by atoms with van der Waals surface area (Å²) in [7, 11) is 0. The van der Waals surface area contributed by atoms with Crippen molar-refractivity contribution in [3.05, 3.63) is 47.2 Å². The highest BCUT2D eigenvalue weighted by Gasteiger charge is 2.41. The van der Waals surface area contributed by atoms with Gasteiger partial charge in [-0.3, -0.25) is 0 Å². The summed E-state index contributed by atoms with van der Waals surface area (Å²) in [5.74, 6) is -0.00716. The first-order valence-corrected chi connectivity index (χ1v) is 9.37. The molecule has 1 saturated carbocycles. The maximum atomic E-state index is 12.5. The van der Waals surface area contributed by atoms with E-state index >= 15 is 0 Å². The van der Waals surface area contributed by atoms with Crippen LogP contribution >= 0.6 is 0 Å². The van der Waals surface area contributed by atoms with Gasteiger partial charge in [-0.15, -0.1) is 0 Å². The van der Waals surface area contributed by atoms with Crippen LogP contribution in [0.4, 0.5) is 0 Å². The molecule has 0 unspecified atom stereocenters. The Morgan fingerprint density at radius 2 is 1.62 bits per heavy atom. The number of hydrogen-bond acceptors (Lipinski definition) is 3. The second-order valence-electron chi connectivity index (χ2n) is 7.28. The van der Waals surface area contributed by atoms with E-state index in [1.807, 2.05) is 18.2 Å². The topological polar surface area (TPSA) is 46.5 Å². The predicted octanol–water partition coefficient (Wildman–Crippen LogP) is 5.25. The molecule has 1 fully saturated rings. The van der Waals surface area contributed by atoms with Crippen LogP contribution in [0.3, 0.4) is 0 Å². The second kappa shape index (κ2) is 7.87. The van der Waals surface area contributed by atoms with Crippen molar-refractivity contribution in [3.8, 4) is 0 Å². The van der Waals surface area contributed by atoms with Crippen molar-refractivity contribution in [2.45, 2.75) is 76.2 Å². The molecule has 130 valence electrons. The molecule has 0 bridgehead atoms. The molecule has 3 rings (SSSR count). The van der Waals surface area contributed by atoms with Crippen LogP contribution in [0.25, 0.3) is 0 Å². The van der Waals surface area contributed by atoms with Gasteiger partial charge in [0.05, 0.1) is 5.57 Å². The number of benzene rings is 1. The van der Waals surface area contributed by atoms with Gasteiger partial charge in [-0.1, -0.05) is 49.6 Å². The number of carbonyl (C=O) groups excluding carboxylic acids is 1. The lowest BCUT2D eigenvalue weighted by Crippen LogP contribution is -2.40. The van der Waals surface area contributed by atoms with Crippen molar-refractivity contribution in [1.29, 1.82) is 0 Å². The van der Waals surface area contributed by atoms with Crippen LogP contribution in [0.1, 0.15) is 69.8 Å². The Kier molecular flexibility index (Phi) is 5.60. The lowest BCUT2D eigenvalue weighted by atomic mass is 9.81. The summed E-state index contributed by atoms with van der Waals surface area (Å²) in [5.41, 5.74) is 1.32. The molecule has 1 aromatic carbocycles. The highest BCUT2D eigenvalue weighted by molar-refractivity contribution is 5.90. The van der Waals surface area contributed by atoms with Gasteiger partial charge < -0.3 is 9.84 Å². The SMILES string of the molecule is O=C1OC2(CCCCCCC2)CC(O)=C1CCCc1ccccc1. The molecule has 1 aromatic rings. The number of hydrogen-bond donors (Lipinski definition) is 1. The van der Waals surface area contributed by atoms with Crippen LogP contribution in [0, 0.1) is 0 Å². The minimum absolute atomic E-state index is 0.278. The molecule has 3 heteroatoms. The average molecular weight is 328 g/mol. The van der Waals surface area contributed by atoms with E-state index in [1.54, 1.807) is 0 Å². The zero-order valence-corrected chi connectivity index (χ0v) is 14.4. The molecule has 1 heterocycles. The van der Waals surface area contributed by atoms with Gasteiger partial charge in [-0.2, -0.15) is 0 Å². The largest absolute Gasteiger partial charge is 0.512 e. The van der Waals surface area contributed by atoms with Crippen molar-refractivity contribution >= 4 is 5.97 Å². The fourth-order valence-electron chi connectivity index (χ4n) is 4.01. The standard InChI is InChI=1S/C21H28O3/c22-19-16-21(14-7-2-1-3-8-15-21)24-20(23)18(19)13-9-12-17-10-5-4-6-11-17/h4-6,10-11,22H,1-3,7-9,12-16H2. The Balaban J connectivity index is 1.61. The van der Waals surface area contributed by atoms with Gasteiger partial charge in [0.15, 0.2) is 0 Å². The van der Waals surface area contributed by atoms with E-state index in [9.17, 15) is 9.90 Å². The molecule has 0 amide bonds. The molecule has 24 heavy (non-hydrogen) atoms. The van der Waals surface area contributed by atoms with Gasteiger partial charge in [-0.25, -0.2) is 4.79 Å². The third kappa shape index (κ3) is 4.19. The number of aliphatic hydroxyl groups excluding tert-OH is 1. The number of aryl methyl sites for hydroxylation is 1. The lowest BCUT2D eigenvalue weighted by molar-refractivity contribution is -0.161. The van der Waals surface area contributed by atoms with Gasteiger partial charge in [0.25, 0.3) is 0 Å². The summed E-state index contributed by atoms with van der Waals surface area (Å²) in [5, 5.41) is 10.5. The first-order chi connectivity index (χ1) is 11.7. The monoisotopic (exact) mass is 328 g/mol. The van der Waals surface area contributed by atoms with E-state index in [1.165, 1.54) is 24.8 Å². The van der Waals surface area contributed by atoms with Gasteiger partial charge in [0, 0.05) is 6.42 Å². The number of aliphatic hydroxyl groups is 1. The Bertz CT molecular complexity index is 580. The number of carbonyl (C=O) groups is 1. The van der Waals surface area contributed by atoms with E-state index in [2.05, 4.69) is 12.1 Å². The minimum atomic E-state index is -0.440. The van der Waals surface area contributed by atoms with E-state index in [-0.39, 0.29) is 11.7 Å². The fourth-order valence-corrected chi connectivity index (χ4v) is 4.01. The molecule has 1 spiro atoms. The van der Waals surface area contributed by atoms with Crippen LogP contribution in [-0.4, -0.2) is 16.7 Å². The minimum Gasteiger partial charge on any atom is -0.512 e. The normalized spacial score (nSPS) is 21.2. The summed E-state index contributed by atoms with van der Waals surface area (Å²) in [6, 6.07) is 10.2. The van der Waals surface area contributed by atoms with Gasteiger partial charge in [-0.05, 0) is 50.5 Å². The van der Waals surface area contributed by atoms with E-state index in [0.717, 1.165) is 38.5 Å². The van der Waals surface area contributed by atoms with Gasteiger partial charge >= 0.3 is 5.97 Å². The van der Waals surface area contributed by atoms with Crippen LogP contribution in [0.2, 0.25) is 0 Å². The molecule has 0 atom stereocenters. The van der Waals surface area contributed by atoms with Gasteiger partial charge in [0.2, 0.25) is 0 Å². The maximum Gasteiger partial charge on any atom is 0.337 e. The Hall–Kier alpha value is -1.77. The van der Waals surface area contributed by atoms with Crippen molar-refractivity contribution in [1.82, 2.24) is 0 Å². The van der Waals surface area contributed by atoms with Crippen LogP contribution < -0.4 is 0 Å². The molecule has 1 aliphatic carbocycles. The molecular weight excluding hydrogens is 300 g/mol. The smallest absolute Gasteiger partial charge is 0.337 e. The average Bonchev–Trinajstić information content (AvgIpc) is 2.55. The number of esters is 1. The zero-order valence-electron chi connectivity index (χ0n) is 14.4. The van der Waals surface area contributed by atoms with Crippen LogP contribution in [0.5, 0.6) is 0 Å². The van der Waals surface area contributed by atoms with E-state index < -0.39 is 5.60 Å². The first kappa shape index (κ1) is 17.1. The summed E-state index contributed by atoms with van der Waals surface area (Å²) in [6.45, 7) is 0. The number of rotatable bonds is 4. The summed E-state index contributed by atoms with van der Waals surface area (Å²) in [6.07, 6.45) is 10.5.